The van der Waals surface area contributed by atoms with E-state index in [1.807, 2.05) is 0 Å². The summed E-state index contributed by atoms with van der Waals surface area (Å²) in [7, 11) is 0. The average Bonchev–Trinajstić information content (AvgIpc) is 1.83. The quantitative estimate of drug-likeness (QED) is 0.569. The first-order valence-corrected chi connectivity index (χ1v) is 5.34. The highest BCUT2D eigenvalue weighted by atomic mass is 35.5. The van der Waals surface area contributed by atoms with Crippen LogP contribution < -0.4 is 0 Å². The van der Waals surface area contributed by atoms with Gasteiger partial charge in [-0.25, -0.2) is 0 Å². The van der Waals surface area contributed by atoms with Gasteiger partial charge in [-0.05, 0) is 36.5 Å². The molecule has 64 valence electrons. The van der Waals surface area contributed by atoms with Crippen LogP contribution in [0.1, 0.15) is 45.4 Å². The lowest BCUT2D eigenvalue weighted by atomic mass is 9.35. The number of unbranched alkanes of at least 4 members (excludes halogenated alkanes) is 1. The molecule has 0 N–H and O–H groups in total. The van der Waals surface area contributed by atoms with Crippen LogP contribution in [-0.2, 0) is 0 Å². The Morgan fingerprint density at radius 2 is 1.82 bits per heavy atom. The van der Waals surface area contributed by atoms with Crippen LogP contribution in [0.25, 0.3) is 0 Å². The van der Waals surface area contributed by atoms with Crippen molar-refractivity contribution < 1.29 is 0 Å². The van der Waals surface area contributed by atoms with Gasteiger partial charge >= 0.3 is 0 Å². The Balaban J connectivity index is 1.76. The maximum Gasteiger partial charge on any atom is 0.0280 e. The zero-order valence-electron chi connectivity index (χ0n) is 7.33. The van der Waals surface area contributed by atoms with Crippen LogP contribution in [0, 0.1) is 10.8 Å². The zero-order valence-corrected chi connectivity index (χ0v) is 8.08. The second kappa shape index (κ2) is 2.39. The molecule has 3 aliphatic carbocycles. The van der Waals surface area contributed by atoms with E-state index in [0.29, 0.717) is 5.41 Å². The fourth-order valence-corrected chi connectivity index (χ4v) is 3.47. The Bertz CT molecular complexity index is 136. The molecule has 0 aliphatic heterocycles. The summed E-state index contributed by atoms with van der Waals surface area (Å²) in [6, 6.07) is 0. The molecule has 0 nitrogen and oxygen atoms in total. The summed E-state index contributed by atoms with van der Waals surface area (Å²) in [6.45, 7) is 2.28. The third-order valence-electron chi connectivity index (χ3n) is 3.59. The van der Waals surface area contributed by atoms with Crippen LogP contribution in [-0.4, -0.2) is 5.88 Å². The van der Waals surface area contributed by atoms with Crippen molar-refractivity contribution in [2.24, 2.45) is 10.8 Å². The lowest BCUT2D eigenvalue weighted by molar-refractivity contribution is -0.192. The van der Waals surface area contributed by atoms with Gasteiger partial charge in [0.25, 0.3) is 0 Å². The fourth-order valence-electron chi connectivity index (χ4n) is 3.19. The molecule has 3 saturated carbocycles. The minimum Gasteiger partial charge on any atom is -0.126 e. The molecule has 0 heterocycles. The SMILES string of the molecule is CCCCC12CC(CCl)(C1)C2. The van der Waals surface area contributed by atoms with E-state index >= 15 is 0 Å². The van der Waals surface area contributed by atoms with Crippen molar-refractivity contribution in [3.05, 3.63) is 0 Å². The van der Waals surface area contributed by atoms with E-state index in [2.05, 4.69) is 6.92 Å². The molecule has 0 aromatic carbocycles. The van der Waals surface area contributed by atoms with Crippen molar-refractivity contribution in [3.63, 3.8) is 0 Å². The average molecular weight is 173 g/mol. The van der Waals surface area contributed by atoms with Gasteiger partial charge < -0.3 is 0 Å². The van der Waals surface area contributed by atoms with Gasteiger partial charge in [-0.15, -0.1) is 11.6 Å². The number of alkyl halides is 1. The third kappa shape index (κ3) is 1.02. The van der Waals surface area contributed by atoms with Crippen LogP contribution in [0.4, 0.5) is 0 Å². The van der Waals surface area contributed by atoms with E-state index in [1.165, 1.54) is 38.5 Å². The number of halogens is 1. The molecule has 0 atom stereocenters. The van der Waals surface area contributed by atoms with E-state index in [4.69, 9.17) is 11.6 Å². The molecular formula is C10H17Cl. The predicted octanol–water partition coefficient (Wildman–Crippen LogP) is 3.59. The summed E-state index contributed by atoms with van der Waals surface area (Å²) in [5.74, 6) is 0.918. The van der Waals surface area contributed by atoms with E-state index in [9.17, 15) is 0 Å². The standard InChI is InChI=1S/C10H17Cl/c1-2-3-4-9-5-10(6-9,7-9)8-11/h2-8H2,1H3. The molecule has 3 aliphatic rings. The molecule has 0 aromatic rings. The van der Waals surface area contributed by atoms with Crippen molar-refractivity contribution >= 4 is 11.6 Å². The van der Waals surface area contributed by atoms with Crippen molar-refractivity contribution in [3.8, 4) is 0 Å². The molecule has 3 rings (SSSR count). The van der Waals surface area contributed by atoms with Gasteiger partial charge in [0.1, 0.15) is 0 Å². The smallest absolute Gasteiger partial charge is 0.0280 e. The Labute approximate surface area is 74.3 Å². The largest absolute Gasteiger partial charge is 0.126 e. The summed E-state index contributed by atoms with van der Waals surface area (Å²) in [6.07, 6.45) is 8.60. The van der Waals surface area contributed by atoms with Gasteiger partial charge in [-0.3, -0.25) is 0 Å². The van der Waals surface area contributed by atoms with Crippen molar-refractivity contribution in [2.45, 2.75) is 45.4 Å². The van der Waals surface area contributed by atoms with Gasteiger partial charge in [0.05, 0.1) is 0 Å². The second-order valence-electron chi connectivity index (χ2n) is 4.77. The van der Waals surface area contributed by atoms with Crippen LogP contribution in [0.3, 0.4) is 0 Å². The van der Waals surface area contributed by atoms with Gasteiger partial charge in [0, 0.05) is 5.88 Å². The van der Waals surface area contributed by atoms with Gasteiger partial charge in [0.15, 0.2) is 0 Å². The number of rotatable bonds is 4. The minimum atomic E-state index is 0.634. The summed E-state index contributed by atoms with van der Waals surface area (Å²) in [4.78, 5) is 0. The van der Waals surface area contributed by atoms with Gasteiger partial charge in [0.2, 0.25) is 0 Å². The molecule has 0 radical (unpaired) electrons. The fraction of sp³-hybridized carbons (Fsp3) is 1.00. The first-order valence-electron chi connectivity index (χ1n) is 4.80. The lowest BCUT2D eigenvalue weighted by Gasteiger charge is -2.71. The second-order valence-corrected chi connectivity index (χ2v) is 5.03. The molecular weight excluding hydrogens is 156 g/mol. The van der Waals surface area contributed by atoms with Crippen LogP contribution >= 0.6 is 11.6 Å². The molecule has 0 saturated heterocycles. The first-order chi connectivity index (χ1) is 5.24. The molecule has 0 spiro atoms. The Hall–Kier alpha value is 0.290. The third-order valence-corrected chi connectivity index (χ3v) is 4.16. The topological polar surface area (TPSA) is 0 Å². The molecule has 2 bridgehead atoms. The Kier molecular flexibility index (Phi) is 1.72. The maximum absolute atomic E-state index is 5.88. The molecule has 0 unspecified atom stereocenters. The van der Waals surface area contributed by atoms with Crippen LogP contribution in [0.15, 0.2) is 0 Å². The Morgan fingerprint density at radius 3 is 2.27 bits per heavy atom. The highest BCUT2D eigenvalue weighted by Gasteiger charge is 2.65. The summed E-state index contributed by atoms with van der Waals surface area (Å²) < 4.78 is 0. The van der Waals surface area contributed by atoms with E-state index in [0.717, 1.165) is 11.3 Å². The van der Waals surface area contributed by atoms with Gasteiger partial charge in [-0.1, -0.05) is 19.8 Å². The zero-order chi connectivity index (χ0) is 7.95. The van der Waals surface area contributed by atoms with Crippen LogP contribution in [0.2, 0.25) is 0 Å². The molecule has 3 fully saturated rings. The molecule has 0 amide bonds. The summed E-state index contributed by atoms with van der Waals surface area (Å²) in [5.41, 5.74) is 1.43. The highest BCUT2D eigenvalue weighted by Crippen LogP contribution is 2.75. The maximum atomic E-state index is 5.88. The summed E-state index contributed by atoms with van der Waals surface area (Å²) >= 11 is 5.88. The van der Waals surface area contributed by atoms with Gasteiger partial charge in [-0.2, -0.15) is 0 Å². The van der Waals surface area contributed by atoms with Crippen molar-refractivity contribution in [1.29, 1.82) is 0 Å². The van der Waals surface area contributed by atoms with E-state index in [-0.39, 0.29) is 0 Å². The van der Waals surface area contributed by atoms with Crippen molar-refractivity contribution in [2.75, 3.05) is 5.88 Å². The molecule has 11 heavy (non-hydrogen) atoms. The lowest BCUT2D eigenvalue weighted by Crippen LogP contribution is -2.62. The van der Waals surface area contributed by atoms with Crippen molar-refractivity contribution in [1.82, 2.24) is 0 Å². The normalized spacial score (nSPS) is 46.4. The van der Waals surface area contributed by atoms with E-state index < -0.39 is 0 Å². The Morgan fingerprint density at radius 1 is 1.18 bits per heavy atom. The monoisotopic (exact) mass is 172 g/mol. The molecule has 1 heteroatoms. The minimum absolute atomic E-state index is 0.634. The van der Waals surface area contributed by atoms with E-state index in [1.54, 1.807) is 0 Å². The molecule has 0 aromatic heterocycles. The summed E-state index contributed by atoms with van der Waals surface area (Å²) in [5, 5.41) is 0. The number of hydrogen-bond acceptors (Lipinski definition) is 0. The number of hydrogen-bond donors (Lipinski definition) is 0. The van der Waals surface area contributed by atoms with Crippen LogP contribution in [0.5, 0.6) is 0 Å². The predicted molar refractivity (Wildman–Crippen MR) is 49.0 cm³/mol. The highest BCUT2D eigenvalue weighted by molar-refractivity contribution is 6.18. The first kappa shape index (κ1) is 7.91.